The molecule has 2 aromatic rings. The van der Waals surface area contributed by atoms with Crippen LogP contribution in [0.3, 0.4) is 0 Å². The molecule has 0 aromatic heterocycles. The van der Waals surface area contributed by atoms with Gasteiger partial charge in [-0.25, -0.2) is 0 Å². The Bertz CT molecular complexity index is 695. The number of aryl methyl sites for hydroxylation is 2. The Morgan fingerprint density at radius 1 is 1.05 bits per heavy atom. The molecule has 0 fully saturated rings. The first-order chi connectivity index (χ1) is 10.1. The van der Waals surface area contributed by atoms with Gasteiger partial charge in [-0.2, -0.15) is 0 Å². The van der Waals surface area contributed by atoms with Crippen LogP contribution in [0, 0.1) is 13.8 Å². The van der Waals surface area contributed by atoms with Gasteiger partial charge in [-0.05, 0) is 42.7 Å². The molecule has 0 bridgehead atoms. The second-order valence-electron chi connectivity index (χ2n) is 4.97. The minimum absolute atomic E-state index is 0.0577. The van der Waals surface area contributed by atoms with Crippen LogP contribution in [-0.4, -0.2) is 10.9 Å². The van der Waals surface area contributed by atoms with E-state index in [1.54, 1.807) is 19.1 Å². The van der Waals surface area contributed by atoms with Crippen LogP contribution < -0.4 is 0 Å². The van der Waals surface area contributed by atoms with Crippen LogP contribution in [-0.2, 0) is 0 Å². The zero-order valence-corrected chi connectivity index (χ0v) is 12.2. The molecule has 0 atom stereocenters. The molecule has 21 heavy (non-hydrogen) atoms. The molecular formula is C19H18O2. The molecule has 0 unspecified atom stereocenters. The minimum atomic E-state index is -0.197. The highest BCUT2D eigenvalue weighted by atomic mass is 16.3. The molecule has 2 rings (SSSR count). The molecule has 0 spiro atoms. The number of rotatable bonds is 4. The lowest BCUT2D eigenvalue weighted by molar-refractivity contribution is 0.104. The quantitative estimate of drug-likeness (QED) is 0.509. The first-order valence-electron chi connectivity index (χ1n) is 6.82. The van der Waals surface area contributed by atoms with E-state index in [0.717, 1.165) is 11.1 Å². The molecule has 0 amide bonds. The first-order valence-corrected chi connectivity index (χ1v) is 6.82. The monoisotopic (exact) mass is 278 g/mol. The van der Waals surface area contributed by atoms with Crippen molar-refractivity contribution in [1.82, 2.24) is 0 Å². The van der Waals surface area contributed by atoms with Gasteiger partial charge in [0.25, 0.3) is 0 Å². The average Bonchev–Trinajstić information content (AvgIpc) is 2.48. The lowest BCUT2D eigenvalue weighted by Crippen LogP contribution is -1.97. The number of carbonyl (C=O) groups excluding carboxylic acids is 1. The van der Waals surface area contributed by atoms with Gasteiger partial charge >= 0.3 is 0 Å². The molecule has 2 heteroatoms. The summed E-state index contributed by atoms with van der Waals surface area (Å²) in [6, 6.07) is 13.4. The lowest BCUT2D eigenvalue weighted by atomic mass is 10.0. The number of hydrogen-bond acceptors (Lipinski definition) is 2. The maximum atomic E-state index is 12.1. The van der Waals surface area contributed by atoms with Crippen molar-refractivity contribution in [2.45, 2.75) is 13.8 Å². The Kier molecular flexibility index (Phi) is 4.72. The van der Waals surface area contributed by atoms with Crippen LogP contribution >= 0.6 is 0 Å². The van der Waals surface area contributed by atoms with Crippen LogP contribution in [0.4, 0.5) is 0 Å². The Morgan fingerprint density at radius 2 is 1.76 bits per heavy atom. The molecule has 0 aliphatic heterocycles. The molecule has 0 heterocycles. The zero-order chi connectivity index (χ0) is 15.2. The zero-order valence-electron chi connectivity index (χ0n) is 12.2. The summed E-state index contributed by atoms with van der Waals surface area (Å²) in [6.45, 7) is 3.69. The fraction of sp³-hybridized carbons (Fsp3) is 0.105. The van der Waals surface area contributed by atoms with Crippen LogP contribution in [0.2, 0.25) is 0 Å². The summed E-state index contributed by atoms with van der Waals surface area (Å²) >= 11 is 0. The van der Waals surface area contributed by atoms with Crippen LogP contribution in [0.15, 0.2) is 60.7 Å². The van der Waals surface area contributed by atoms with Crippen molar-refractivity contribution >= 4 is 11.9 Å². The summed E-state index contributed by atoms with van der Waals surface area (Å²) < 4.78 is 0. The Labute approximate surface area is 125 Å². The highest BCUT2D eigenvalue weighted by Gasteiger charge is 2.10. The third-order valence-corrected chi connectivity index (χ3v) is 3.16. The SMILES string of the molecule is Cc1cc(C)c(O)c(C(=O)/C=C/C=C/c2ccccc2)c1. The van der Waals surface area contributed by atoms with Gasteiger partial charge < -0.3 is 5.11 Å². The number of phenols is 1. The number of carbonyl (C=O) groups is 1. The van der Waals surface area contributed by atoms with Gasteiger partial charge in [0.05, 0.1) is 5.56 Å². The van der Waals surface area contributed by atoms with Crippen LogP contribution in [0.5, 0.6) is 5.75 Å². The third-order valence-electron chi connectivity index (χ3n) is 3.16. The van der Waals surface area contributed by atoms with Gasteiger partial charge in [-0.3, -0.25) is 4.79 Å². The molecule has 106 valence electrons. The molecule has 0 aliphatic rings. The molecule has 0 radical (unpaired) electrons. The summed E-state index contributed by atoms with van der Waals surface area (Å²) in [5.41, 5.74) is 3.09. The average molecular weight is 278 g/mol. The summed E-state index contributed by atoms with van der Waals surface area (Å²) in [4.78, 5) is 12.1. The second-order valence-corrected chi connectivity index (χ2v) is 4.97. The van der Waals surface area contributed by atoms with E-state index in [-0.39, 0.29) is 11.5 Å². The van der Waals surface area contributed by atoms with Crippen LogP contribution in [0.25, 0.3) is 6.08 Å². The van der Waals surface area contributed by atoms with Gasteiger partial charge in [0.1, 0.15) is 5.75 Å². The highest BCUT2D eigenvalue weighted by Crippen LogP contribution is 2.24. The van der Waals surface area contributed by atoms with E-state index in [1.165, 1.54) is 6.08 Å². The van der Waals surface area contributed by atoms with Gasteiger partial charge in [0, 0.05) is 0 Å². The van der Waals surface area contributed by atoms with Crippen molar-refractivity contribution < 1.29 is 9.90 Å². The standard InChI is InChI=1S/C19H18O2/c1-14-12-15(2)19(21)17(13-14)18(20)11-7-6-10-16-8-4-3-5-9-16/h3-13,21H,1-2H3/b10-6+,11-7+. The van der Waals surface area contributed by atoms with Crippen molar-refractivity contribution in [3.63, 3.8) is 0 Å². The normalized spacial score (nSPS) is 11.3. The molecular weight excluding hydrogens is 260 g/mol. The van der Waals surface area contributed by atoms with E-state index in [4.69, 9.17) is 0 Å². The van der Waals surface area contributed by atoms with E-state index in [0.29, 0.717) is 11.1 Å². The van der Waals surface area contributed by atoms with Gasteiger partial charge in [-0.15, -0.1) is 0 Å². The number of aromatic hydroxyl groups is 1. The number of hydrogen-bond donors (Lipinski definition) is 1. The molecule has 0 saturated carbocycles. The molecule has 1 N–H and O–H groups in total. The number of allylic oxidation sites excluding steroid dienone is 3. The minimum Gasteiger partial charge on any atom is -0.507 e. The maximum absolute atomic E-state index is 12.1. The summed E-state index contributed by atoms with van der Waals surface area (Å²) in [5.74, 6) is -0.140. The van der Waals surface area contributed by atoms with Crippen molar-refractivity contribution in [3.05, 3.63) is 82.9 Å². The van der Waals surface area contributed by atoms with Gasteiger partial charge in [0.2, 0.25) is 0 Å². The van der Waals surface area contributed by atoms with Crippen LogP contribution in [0.1, 0.15) is 27.0 Å². The summed E-state index contributed by atoms with van der Waals surface area (Å²) in [7, 11) is 0. The van der Waals surface area contributed by atoms with Crippen molar-refractivity contribution in [3.8, 4) is 5.75 Å². The van der Waals surface area contributed by atoms with Crippen molar-refractivity contribution in [1.29, 1.82) is 0 Å². The number of phenolic OH excluding ortho intramolecular Hbond substituents is 1. The topological polar surface area (TPSA) is 37.3 Å². The Hall–Kier alpha value is -2.61. The number of ketones is 1. The largest absolute Gasteiger partial charge is 0.507 e. The van der Waals surface area contributed by atoms with Gasteiger partial charge in [0.15, 0.2) is 5.78 Å². The van der Waals surface area contributed by atoms with Crippen molar-refractivity contribution in [2.24, 2.45) is 0 Å². The van der Waals surface area contributed by atoms with E-state index in [2.05, 4.69) is 0 Å². The molecule has 0 saturated heterocycles. The first kappa shape index (κ1) is 14.8. The fourth-order valence-corrected chi connectivity index (χ4v) is 2.11. The Morgan fingerprint density at radius 3 is 2.48 bits per heavy atom. The van der Waals surface area contributed by atoms with E-state index in [9.17, 15) is 9.90 Å². The highest BCUT2D eigenvalue weighted by molar-refractivity contribution is 6.07. The van der Waals surface area contributed by atoms with E-state index < -0.39 is 0 Å². The second kappa shape index (κ2) is 6.71. The Balaban J connectivity index is 2.12. The summed E-state index contributed by atoms with van der Waals surface area (Å²) in [5, 5.41) is 9.95. The number of benzene rings is 2. The predicted molar refractivity (Wildman–Crippen MR) is 86.5 cm³/mol. The predicted octanol–water partition coefficient (Wildman–Crippen LogP) is 4.46. The van der Waals surface area contributed by atoms with Crippen molar-refractivity contribution in [2.75, 3.05) is 0 Å². The maximum Gasteiger partial charge on any atom is 0.189 e. The third kappa shape index (κ3) is 3.93. The summed E-state index contributed by atoms with van der Waals surface area (Å²) in [6.07, 6.45) is 6.89. The molecule has 2 aromatic carbocycles. The lowest BCUT2D eigenvalue weighted by Gasteiger charge is -2.05. The molecule has 0 aliphatic carbocycles. The fourth-order valence-electron chi connectivity index (χ4n) is 2.11. The molecule has 2 nitrogen and oxygen atoms in total. The van der Waals surface area contributed by atoms with Gasteiger partial charge in [-0.1, -0.05) is 54.6 Å². The van der Waals surface area contributed by atoms with E-state index in [1.807, 2.05) is 55.5 Å². The smallest absolute Gasteiger partial charge is 0.189 e. The van der Waals surface area contributed by atoms with E-state index >= 15 is 0 Å².